The Hall–Kier alpha value is 0.230. The van der Waals surface area contributed by atoms with Crippen molar-refractivity contribution in [1.29, 1.82) is 0 Å². The van der Waals surface area contributed by atoms with Gasteiger partial charge in [0.1, 0.15) is 0 Å². The molecule has 0 aliphatic carbocycles. The van der Waals surface area contributed by atoms with Crippen LogP contribution in [0.1, 0.15) is 65.2 Å². The van der Waals surface area contributed by atoms with Crippen molar-refractivity contribution in [3.05, 3.63) is 0 Å². The average molecular weight is 307 g/mol. The first-order valence-corrected chi connectivity index (χ1v) is 8.46. The Kier molecular flexibility index (Phi) is 12.0. The molecule has 0 radical (unpaired) electrons. The summed E-state index contributed by atoms with van der Waals surface area (Å²) in [5, 5.41) is 0.233. The van der Waals surface area contributed by atoms with Gasteiger partial charge in [-0.3, -0.25) is 0 Å². The molecule has 0 bridgehead atoms. The highest BCUT2D eigenvalue weighted by molar-refractivity contribution is 7.81. The van der Waals surface area contributed by atoms with Crippen molar-refractivity contribution in [1.82, 2.24) is 0 Å². The van der Waals surface area contributed by atoms with Crippen LogP contribution < -0.4 is 0 Å². The maximum absolute atomic E-state index is 5.52. The minimum absolute atomic E-state index is 0.141. The van der Waals surface area contributed by atoms with E-state index in [-0.39, 0.29) is 11.2 Å². The lowest BCUT2D eigenvalue weighted by molar-refractivity contribution is -0.379. The molecule has 0 heterocycles. The maximum Gasteiger partial charge on any atom is 0.286 e. The van der Waals surface area contributed by atoms with Crippen molar-refractivity contribution in [3.8, 4) is 0 Å². The van der Waals surface area contributed by atoms with Crippen LogP contribution in [0.2, 0.25) is 0 Å². The minimum Gasteiger partial charge on any atom is -0.331 e. The van der Waals surface area contributed by atoms with E-state index in [1.54, 1.807) is 21.3 Å². The van der Waals surface area contributed by atoms with Crippen molar-refractivity contribution in [3.63, 3.8) is 0 Å². The molecule has 0 N–H and O–H groups in total. The van der Waals surface area contributed by atoms with E-state index in [2.05, 4.69) is 13.8 Å². The lowest BCUT2D eigenvalue weighted by Crippen LogP contribution is -2.47. The Balaban J connectivity index is 4.48. The third kappa shape index (κ3) is 6.33. The number of ether oxygens (including phenoxy) is 3. The Bertz CT molecular complexity index is 212. The largest absolute Gasteiger partial charge is 0.331 e. The minimum atomic E-state index is -0.966. The molecule has 0 rings (SSSR count). The maximum atomic E-state index is 5.52. The van der Waals surface area contributed by atoms with Gasteiger partial charge in [-0.1, -0.05) is 52.4 Å². The van der Waals surface area contributed by atoms with Gasteiger partial charge in [0.25, 0.3) is 5.97 Å². The molecule has 0 spiro atoms. The molecular formula is C16H34O3S. The van der Waals surface area contributed by atoms with E-state index in [9.17, 15) is 0 Å². The molecule has 0 aromatic rings. The number of hydrogen-bond acceptors (Lipinski definition) is 4. The number of rotatable bonds is 13. The summed E-state index contributed by atoms with van der Waals surface area (Å²) in [5.41, 5.74) is 0. The van der Waals surface area contributed by atoms with Gasteiger partial charge in [0.05, 0.1) is 5.92 Å². The first-order chi connectivity index (χ1) is 9.61. The predicted octanol–water partition coefficient (Wildman–Crippen LogP) is 4.65. The molecule has 0 aliphatic rings. The van der Waals surface area contributed by atoms with Gasteiger partial charge in [0, 0.05) is 26.6 Å². The van der Waals surface area contributed by atoms with Crippen molar-refractivity contribution in [2.45, 2.75) is 76.4 Å². The topological polar surface area (TPSA) is 27.7 Å². The molecule has 20 heavy (non-hydrogen) atoms. The predicted molar refractivity (Wildman–Crippen MR) is 88.3 cm³/mol. The molecule has 2 unspecified atom stereocenters. The highest BCUT2D eigenvalue weighted by Gasteiger charge is 2.42. The van der Waals surface area contributed by atoms with Crippen LogP contribution in [0.3, 0.4) is 0 Å². The van der Waals surface area contributed by atoms with E-state index in [0.717, 1.165) is 19.3 Å². The molecule has 4 heteroatoms. The Morgan fingerprint density at radius 1 is 0.800 bits per heavy atom. The first kappa shape index (κ1) is 20.2. The number of unbranched alkanes of at least 4 members (excludes halogenated alkanes) is 4. The Labute approximate surface area is 131 Å². The van der Waals surface area contributed by atoms with E-state index in [0.29, 0.717) is 0 Å². The molecule has 0 aromatic carbocycles. The summed E-state index contributed by atoms with van der Waals surface area (Å²) >= 11 is 4.80. The van der Waals surface area contributed by atoms with Crippen molar-refractivity contribution < 1.29 is 14.2 Å². The SMILES string of the molecule is CCCCCCCC(S)C(CCC)C(OC)(OC)OC. The van der Waals surface area contributed by atoms with E-state index < -0.39 is 5.97 Å². The van der Waals surface area contributed by atoms with Crippen LogP contribution in [-0.4, -0.2) is 32.6 Å². The molecule has 122 valence electrons. The van der Waals surface area contributed by atoms with Crippen molar-refractivity contribution >= 4 is 12.6 Å². The van der Waals surface area contributed by atoms with Gasteiger partial charge in [0.2, 0.25) is 0 Å². The molecule has 0 saturated heterocycles. The summed E-state index contributed by atoms with van der Waals surface area (Å²) in [5.74, 6) is -0.826. The van der Waals surface area contributed by atoms with Gasteiger partial charge in [-0.2, -0.15) is 12.6 Å². The summed E-state index contributed by atoms with van der Waals surface area (Å²) in [6.45, 7) is 4.41. The monoisotopic (exact) mass is 306 g/mol. The summed E-state index contributed by atoms with van der Waals surface area (Å²) in [6.07, 6.45) is 9.55. The van der Waals surface area contributed by atoms with Gasteiger partial charge in [-0.15, -0.1) is 0 Å². The summed E-state index contributed by atoms with van der Waals surface area (Å²) in [6, 6.07) is 0. The number of thiol groups is 1. The van der Waals surface area contributed by atoms with Crippen LogP contribution in [0.25, 0.3) is 0 Å². The average Bonchev–Trinajstić information content (AvgIpc) is 2.48. The lowest BCUT2D eigenvalue weighted by Gasteiger charge is -2.39. The third-order valence-electron chi connectivity index (χ3n) is 3.98. The number of methoxy groups -OCH3 is 3. The third-order valence-corrected chi connectivity index (χ3v) is 4.59. The first-order valence-electron chi connectivity index (χ1n) is 7.95. The molecule has 0 aliphatic heterocycles. The van der Waals surface area contributed by atoms with Crippen LogP contribution in [0.5, 0.6) is 0 Å². The van der Waals surface area contributed by atoms with E-state index in [1.807, 2.05) is 0 Å². The summed E-state index contributed by atoms with van der Waals surface area (Å²) in [4.78, 5) is 0. The second-order valence-electron chi connectivity index (χ2n) is 5.38. The summed E-state index contributed by atoms with van der Waals surface area (Å²) in [7, 11) is 4.91. The van der Waals surface area contributed by atoms with Crippen molar-refractivity contribution in [2.75, 3.05) is 21.3 Å². The highest BCUT2D eigenvalue weighted by Crippen LogP contribution is 2.35. The van der Waals surface area contributed by atoms with Gasteiger partial charge in [0.15, 0.2) is 0 Å². The molecular weight excluding hydrogens is 272 g/mol. The fourth-order valence-electron chi connectivity index (χ4n) is 2.78. The number of hydrogen-bond donors (Lipinski definition) is 1. The Morgan fingerprint density at radius 3 is 1.80 bits per heavy atom. The quantitative estimate of drug-likeness (QED) is 0.305. The van der Waals surface area contributed by atoms with Gasteiger partial charge in [-0.25, -0.2) is 0 Å². The molecule has 0 aromatic heterocycles. The fourth-order valence-corrected chi connectivity index (χ4v) is 3.29. The second-order valence-corrected chi connectivity index (χ2v) is 6.04. The molecule has 3 nitrogen and oxygen atoms in total. The Morgan fingerprint density at radius 2 is 1.35 bits per heavy atom. The van der Waals surface area contributed by atoms with E-state index in [4.69, 9.17) is 26.8 Å². The van der Waals surface area contributed by atoms with Gasteiger partial charge < -0.3 is 14.2 Å². The van der Waals surface area contributed by atoms with Gasteiger partial charge in [-0.05, 0) is 12.8 Å². The molecule has 0 amide bonds. The smallest absolute Gasteiger partial charge is 0.286 e. The van der Waals surface area contributed by atoms with Crippen LogP contribution in [0, 0.1) is 5.92 Å². The van der Waals surface area contributed by atoms with Crippen LogP contribution in [0.4, 0.5) is 0 Å². The fraction of sp³-hybridized carbons (Fsp3) is 1.00. The highest BCUT2D eigenvalue weighted by atomic mass is 32.1. The zero-order chi connectivity index (χ0) is 15.4. The van der Waals surface area contributed by atoms with Crippen LogP contribution in [-0.2, 0) is 14.2 Å². The molecule has 2 atom stereocenters. The second kappa shape index (κ2) is 11.8. The zero-order valence-corrected chi connectivity index (χ0v) is 14.9. The summed E-state index contributed by atoms with van der Waals surface area (Å²) < 4.78 is 16.6. The standard InChI is InChI=1S/C16H34O3S/c1-6-8-9-10-11-13-15(20)14(12-7-2)16(17-3,18-4)19-5/h14-15,20H,6-13H2,1-5H3. The van der Waals surface area contributed by atoms with Gasteiger partial charge >= 0.3 is 0 Å². The zero-order valence-electron chi connectivity index (χ0n) is 14.0. The molecule has 0 saturated carbocycles. The van der Waals surface area contributed by atoms with Crippen molar-refractivity contribution in [2.24, 2.45) is 5.92 Å². The normalized spacial score (nSPS) is 15.3. The molecule has 0 fully saturated rings. The lowest BCUT2D eigenvalue weighted by atomic mass is 9.92. The van der Waals surface area contributed by atoms with Crippen LogP contribution >= 0.6 is 12.6 Å². The van der Waals surface area contributed by atoms with E-state index in [1.165, 1.54) is 32.1 Å². The van der Waals surface area contributed by atoms with Crippen LogP contribution in [0.15, 0.2) is 0 Å². The van der Waals surface area contributed by atoms with E-state index >= 15 is 0 Å².